The van der Waals surface area contributed by atoms with Gasteiger partial charge in [0.2, 0.25) is 5.91 Å². The highest BCUT2D eigenvalue weighted by atomic mass is 16.3. The molecule has 0 spiro atoms. The Bertz CT molecular complexity index is 659. The molecule has 1 amide bonds. The topological polar surface area (TPSA) is 74.5 Å². The quantitative estimate of drug-likeness (QED) is 0.861. The number of hydrogen-bond donors (Lipinski definition) is 1. The Morgan fingerprint density at radius 3 is 3.04 bits per heavy atom. The molecule has 0 aliphatic carbocycles. The maximum atomic E-state index is 12.6. The van der Waals surface area contributed by atoms with Crippen LogP contribution in [0.2, 0.25) is 0 Å². The minimum Gasteiger partial charge on any atom is -0.468 e. The van der Waals surface area contributed by atoms with Crippen molar-refractivity contribution in [2.75, 3.05) is 38.6 Å². The zero-order chi connectivity index (χ0) is 17.6. The summed E-state index contributed by atoms with van der Waals surface area (Å²) in [4.78, 5) is 25.3. The summed E-state index contributed by atoms with van der Waals surface area (Å²) in [6.45, 7) is 2.12. The Balaban J connectivity index is 1.57. The van der Waals surface area contributed by atoms with Crippen molar-refractivity contribution in [3.8, 4) is 0 Å². The number of carbonyl (C=O) groups is 1. The predicted molar refractivity (Wildman–Crippen MR) is 95.1 cm³/mol. The number of amides is 1. The molecule has 0 aromatic carbocycles. The molecule has 134 valence electrons. The summed E-state index contributed by atoms with van der Waals surface area (Å²) in [6.07, 6.45) is 8.63. The van der Waals surface area contributed by atoms with Crippen molar-refractivity contribution in [2.45, 2.75) is 18.9 Å². The van der Waals surface area contributed by atoms with Crippen LogP contribution in [0.3, 0.4) is 0 Å². The SMILES string of the molecule is CN(C)[C@H](CNC(=O)[C@@H]1CCCN(c2cnccn2)C1)c1ccco1. The van der Waals surface area contributed by atoms with Crippen LogP contribution in [0.15, 0.2) is 41.4 Å². The van der Waals surface area contributed by atoms with Gasteiger partial charge in [0.25, 0.3) is 0 Å². The first-order valence-electron chi connectivity index (χ1n) is 8.63. The number of aromatic nitrogens is 2. The second-order valence-corrected chi connectivity index (χ2v) is 6.59. The van der Waals surface area contributed by atoms with E-state index in [1.807, 2.05) is 31.1 Å². The molecular weight excluding hydrogens is 318 g/mol. The molecule has 25 heavy (non-hydrogen) atoms. The van der Waals surface area contributed by atoms with Gasteiger partial charge in [0.05, 0.1) is 24.4 Å². The second-order valence-electron chi connectivity index (χ2n) is 6.59. The number of hydrogen-bond acceptors (Lipinski definition) is 6. The third kappa shape index (κ3) is 4.36. The molecule has 1 saturated heterocycles. The molecular formula is C18H25N5O2. The van der Waals surface area contributed by atoms with E-state index in [0.29, 0.717) is 13.1 Å². The van der Waals surface area contributed by atoms with Crippen molar-refractivity contribution < 1.29 is 9.21 Å². The Hall–Kier alpha value is -2.41. The standard InChI is InChI=1S/C18H25N5O2/c1-22(2)15(16-6-4-10-25-16)11-21-18(24)14-5-3-9-23(13-14)17-12-19-7-8-20-17/h4,6-8,10,12,14-15H,3,5,9,11,13H2,1-2H3,(H,21,24)/t14-,15-/m1/s1. The molecule has 3 rings (SSSR count). The number of carbonyl (C=O) groups excluding carboxylic acids is 1. The highest BCUT2D eigenvalue weighted by Crippen LogP contribution is 2.22. The van der Waals surface area contributed by atoms with Gasteiger partial charge in [-0.05, 0) is 39.1 Å². The zero-order valence-electron chi connectivity index (χ0n) is 14.8. The van der Waals surface area contributed by atoms with E-state index in [2.05, 4.69) is 20.2 Å². The number of furan rings is 1. The molecule has 0 saturated carbocycles. The molecule has 2 aromatic rings. The largest absolute Gasteiger partial charge is 0.468 e. The molecule has 7 nitrogen and oxygen atoms in total. The summed E-state index contributed by atoms with van der Waals surface area (Å²) in [6, 6.07) is 3.83. The van der Waals surface area contributed by atoms with Crippen LogP contribution in [0.25, 0.3) is 0 Å². The molecule has 1 aliphatic rings. The molecule has 2 atom stereocenters. The summed E-state index contributed by atoms with van der Waals surface area (Å²) in [5.41, 5.74) is 0. The Kier molecular flexibility index (Phi) is 5.65. The minimum atomic E-state index is -0.0323. The third-order valence-corrected chi connectivity index (χ3v) is 4.63. The molecule has 7 heteroatoms. The Morgan fingerprint density at radius 2 is 2.36 bits per heavy atom. The summed E-state index contributed by atoms with van der Waals surface area (Å²) in [5.74, 6) is 1.75. The van der Waals surface area contributed by atoms with Gasteiger partial charge in [-0.3, -0.25) is 14.7 Å². The number of nitrogens with one attached hydrogen (secondary N) is 1. The molecule has 1 fully saturated rings. The fourth-order valence-electron chi connectivity index (χ4n) is 3.21. The van der Waals surface area contributed by atoms with Crippen LogP contribution in [-0.2, 0) is 4.79 Å². The first-order chi connectivity index (χ1) is 12.1. The van der Waals surface area contributed by atoms with Crippen LogP contribution >= 0.6 is 0 Å². The van der Waals surface area contributed by atoms with Crippen LogP contribution in [0.5, 0.6) is 0 Å². The lowest BCUT2D eigenvalue weighted by Gasteiger charge is -2.33. The van der Waals surface area contributed by atoms with Crippen molar-refractivity contribution in [3.05, 3.63) is 42.7 Å². The summed E-state index contributed by atoms with van der Waals surface area (Å²) in [5, 5.41) is 3.09. The predicted octanol–water partition coefficient (Wildman–Crippen LogP) is 1.71. The Labute approximate surface area is 148 Å². The molecule has 0 radical (unpaired) electrons. The smallest absolute Gasteiger partial charge is 0.224 e. The van der Waals surface area contributed by atoms with E-state index in [1.165, 1.54) is 0 Å². The number of piperidine rings is 1. The average molecular weight is 343 g/mol. The van der Waals surface area contributed by atoms with Gasteiger partial charge in [-0.15, -0.1) is 0 Å². The van der Waals surface area contributed by atoms with Crippen LogP contribution in [-0.4, -0.2) is 54.5 Å². The summed E-state index contributed by atoms with van der Waals surface area (Å²) in [7, 11) is 3.96. The van der Waals surface area contributed by atoms with Crippen LogP contribution in [0, 0.1) is 5.92 Å². The molecule has 3 heterocycles. The number of rotatable bonds is 6. The van der Waals surface area contributed by atoms with E-state index in [1.54, 1.807) is 24.9 Å². The Morgan fingerprint density at radius 1 is 1.48 bits per heavy atom. The van der Waals surface area contributed by atoms with Crippen LogP contribution in [0.4, 0.5) is 5.82 Å². The second kappa shape index (κ2) is 8.11. The van der Waals surface area contributed by atoms with E-state index in [9.17, 15) is 4.79 Å². The van der Waals surface area contributed by atoms with E-state index < -0.39 is 0 Å². The first kappa shape index (κ1) is 17.4. The van der Waals surface area contributed by atoms with Gasteiger partial charge >= 0.3 is 0 Å². The van der Waals surface area contributed by atoms with E-state index in [-0.39, 0.29) is 17.9 Å². The summed E-state index contributed by atoms with van der Waals surface area (Å²) >= 11 is 0. The van der Waals surface area contributed by atoms with Gasteiger partial charge in [-0.2, -0.15) is 0 Å². The maximum Gasteiger partial charge on any atom is 0.224 e. The van der Waals surface area contributed by atoms with E-state index in [0.717, 1.165) is 31.0 Å². The molecule has 2 aromatic heterocycles. The van der Waals surface area contributed by atoms with Crippen molar-refractivity contribution in [3.63, 3.8) is 0 Å². The number of nitrogens with zero attached hydrogens (tertiary/aromatic N) is 4. The van der Waals surface area contributed by atoms with Gasteiger partial charge in [-0.25, -0.2) is 4.98 Å². The van der Waals surface area contributed by atoms with Crippen molar-refractivity contribution in [2.24, 2.45) is 5.92 Å². The molecule has 1 aliphatic heterocycles. The first-order valence-corrected chi connectivity index (χ1v) is 8.63. The minimum absolute atomic E-state index is 0.0265. The third-order valence-electron chi connectivity index (χ3n) is 4.63. The highest BCUT2D eigenvalue weighted by molar-refractivity contribution is 5.79. The lowest BCUT2D eigenvalue weighted by Crippen LogP contribution is -2.45. The zero-order valence-corrected chi connectivity index (χ0v) is 14.8. The van der Waals surface area contributed by atoms with Gasteiger partial charge < -0.3 is 14.6 Å². The average Bonchev–Trinajstić information content (AvgIpc) is 3.16. The maximum absolute atomic E-state index is 12.6. The van der Waals surface area contributed by atoms with Gasteiger partial charge in [0.1, 0.15) is 11.6 Å². The van der Waals surface area contributed by atoms with Crippen LogP contribution < -0.4 is 10.2 Å². The lowest BCUT2D eigenvalue weighted by molar-refractivity contribution is -0.125. The fourth-order valence-corrected chi connectivity index (χ4v) is 3.21. The van der Waals surface area contributed by atoms with Gasteiger partial charge in [-0.1, -0.05) is 0 Å². The number of anilines is 1. The van der Waals surface area contributed by atoms with Crippen molar-refractivity contribution in [1.82, 2.24) is 20.2 Å². The molecule has 1 N–H and O–H groups in total. The van der Waals surface area contributed by atoms with Crippen molar-refractivity contribution >= 4 is 11.7 Å². The van der Waals surface area contributed by atoms with Crippen molar-refractivity contribution in [1.29, 1.82) is 0 Å². The molecule has 0 bridgehead atoms. The van der Waals surface area contributed by atoms with Crippen LogP contribution in [0.1, 0.15) is 24.6 Å². The normalized spacial score (nSPS) is 19.0. The van der Waals surface area contributed by atoms with E-state index in [4.69, 9.17) is 4.42 Å². The fraction of sp³-hybridized carbons (Fsp3) is 0.500. The van der Waals surface area contributed by atoms with E-state index >= 15 is 0 Å². The monoisotopic (exact) mass is 343 g/mol. The van der Waals surface area contributed by atoms with Gasteiger partial charge in [0.15, 0.2) is 0 Å². The highest BCUT2D eigenvalue weighted by Gasteiger charge is 2.27. The lowest BCUT2D eigenvalue weighted by atomic mass is 9.97. The molecule has 0 unspecified atom stereocenters. The summed E-state index contributed by atoms with van der Waals surface area (Å²) < 4.78 is 5.49. The van der Waals surface area contributed by atoms with Gasteiger partial charge in [0, 0.05) is 32.0 Å². The number of likely N-dealkylation sites (N-methyl/N-ethyl adjacent to an activating group) is 1.